The second kappa shape index (κ2) is 6.89. The Labute approximate surface area is 122 Å². The third kappa shape index (κ3) is 4.97. The van der Waals surface area contributed by atoms with Crippen LogP contribution in [0.3, 0.4) is 0 Å². The van der Waals surface area contributed by atoms with Gasteiger partial charge in [0.15, 0.2) is 0 Å². The van der Waals surface area contributed by atoms with E-state index in [2.05, 4.69) is 56.9 Å². The van der Waals surface area contributed by atoms with E-state index in [-0.39, 0.29) is 11.8 Å². The fourth-order valence-corrected chi connectivity index (χ4v) is 2.19. The summed E-state index contributed by atoms with van der Waals surface area (Å²) in [5.74, 6) is -0.722. The lowest BCUT2D eigenvalue weighted by molar-refractivity contribution is -0.137. The van der Waals surface area contributed by atoms with Gasteiger partial charge in [-0.15, -0.1) is 0 Å². The standard InChI is InChI=1S/C17H27NO2/c1-13(18(5)12-6-7-16(19)20)14-8-10-15(11-9-14)17(2,3)4/h8-11,13H,6-7,12H2,1-5H3,(H,19,20). The maximum Gasteiger partial charge on any atom is 0.303 e. The maximum absolute atomic E-state index is 10.5. The molecule has 0 bridgehead atoms. The number of hydrogen-bond donors (Lipinski definition) is 1. The van der Waals surface area contributed by atoms with E-state index in [4.69, 9.17) is 5.11 Å². The van der Waals surface area contributed by atoms with Gasteiger partial charge in [0.2, 0.25) is 0 Å². The Bertz CT molecular complexity index is 431. The topological polar surface area (TPSA) is 40.5 Å². The highest BCUT2D eigenvalue weighted by Gasteiger charge is 2.15. The van der Waals surface area contributed by atoms with Crippen LogP contribution in [0.2, 0.25) is 0 Å². The molecule has 112 valence electrons. The summed E-state index contributed by atoms with van der Waals surface area (Å²) in [5, 5.41) is 8.67. The minimum atomic E-state index is -0.722. The van der Waals surface area contributed by atoms with Crippen LogP contribution in [-0.2, 0) is 10.2 Å². The molecule has 1 unspecified atom stereocenters. The van der Waals surface area contributed by atoms with Gasteiger partial charge >= 0.3 is 5.97 Å². The van der Waals surface area contributed by atoms with Gasteiger partial charge in [-0.25, -0.2) is 0 Å². The van der Waals surface area contributed by atoms with E-state index in [1.807, 2.05) is 7.05 Å². The predicted molar refractivity (Wildman–Crippen MR) is 83.1 cm³/mol. The zero-order chi connectivity index (χ0) is 15.3. The first-order valence-corrected chi connectivity index (χ1v) is 7.24. The molecule has 0 aliphatic carbocycles. The molecule has 1 aromatic carbocycles. The molecule has 0 spiro atoms. The SMILES string of the molecule is CC(c1ccc(C(C)(C)C)cc1)N(C)CCCC(=O)O. The molecule has 0 radical (unpaired) electrons. The zero-order valence-corrected chi connectivity index (χ0v) is 13.3. The van der Waals surface area contributed by atoms with E-state index < -0.39 is 5.97 Å². The molecule has 20 heavy (non-hydrogen) atoms. The number of hydrogen-bond acceptors (Lipinski definition) is 2. The Morgan fingerprint density at radius 3 is 2.25 bits per heavy atom. The summed E-state index contributed by atoms with van der Waals surface area (Å²) in [6, 6.07) is 9.05. The number of carbonyl (C=O) groups is 1. The lowest BCUT2D eigenvalue weighted by Gasteiger charge is -2.26. The van der Waals surface area contributed by atoms with Crippen molar-refractivity contribution in [1.29, 1.82) is 0 Å². The first kappa shape index (κ1) is 16.7. The molecule has 0 fully saturated rings. The molecule has 0 amide bonds. The fourth-order valence-electron chi connectivity index (χ4n) is 2.19. The van der Waals surface area contributed by atoms with Crippen molar-refractivity contribution < 1.29 is 9.90 Å². The van der Waals surface area contributed by atoms with Crippen molar-refractivity contribution in [3.8, 4) is 0 Å². The van der Waals surface area contributed by atoms with Crippen molar-refractivity contribution in [2.75, 3.05) is 13.6 Å². The smallest absolute Gasteiger partial charge is 0.303 e. The molecule has 0 saturated carbocycles. The average Bonchev–Trinajstić information content (AvgIpc) is 2.36. The number of benzene rings is 1. The summed E-state index contributed by atoms with van der Waals surface area (Å²) in [6.45, 7) is 9.59. The molecule has 0 aromatic heterocycles. The number of carboxylic acids is 1. The predicted octanol–water partition coefficient (Wildman–Crippen LogP) is 3.84. The van der Waals surface area contributed by atoms with Gasteiger partial charge in [0.05, 0.1) is 0 Å². The third-order valence-corrected chi connectivity index (χ3v) is 3.82. The van der Waals surface area contributed by atoms with E-state index in [9.17, 15) is 4.79 Å². The molecular weight excluding hydrogens is 250 g/mol. The molecule has 0 aliphatic heterocycles. The first-order chi connectivity index (χ1) is 9.21. The number of aliphatic carboxylic acids is 1. The van der Waals surface area contributed by atoms with Crippen LogP contribution in [0.4, 0.5) is 0 Å². The van der Waals surface area contributed by atoms with Gasteiger partial charge in [-0.3, -0.25) is 9.69 Å². The van der Waals surface area contributed by atoms with Gasteiger partial charge in [-0.2, -0.15) is 0 Å². The average molecular weight is 277 g/mol. The van der Waals surface area contributed by atoms with Crippen LogP contribution in [0.25, 0.3) is 0 Å². The summed E-state index contributed by atoms with van der Waals surface area (Å²) in [6.07, 6.45) is 0.927. The first-order valence-electron chi connectivity index (χ1n) is 7.24. The lowest BCUT2D eigenvalue weighted by atomic mass is 9.86. The number of carboxylic acid groups (broad SMARTS) is 1. The largest absolute Gasteiger partial charge is 0.481 e. The molecule has 1 N–H and O–H groups in total. The monoisotopic (exact) mass is 277 g/mol. The molecule has 1 rings (SSSR count). The van der Waals surface area contributed by atoms with E-state index in [1.165, 1.54) is 11.1 Å². The normalized spacial score (nSPS) is 13.5. The minimum Gasteiger partial charge on any atom is -0.481 e. The quantitative estimate of drug-likeness (QED) is 0.858. The van der Waals surface area contributed by atoms with Gasteiger partial charge < -0.3 is 5.11 Å². The Balaban J connectivity index is 2.62. The molecule has 0 heterocycles. The fraction of sp³-hybridized carbons (Fsp3) is 0.588. The van der Waals surface area contributed by atoms with Crippen molar-refractivity contribution in [1.82, 2.24) is 4.90 Å². The van der Waals surface area contributed by atoms with Gasteiger partial charge in [0, 0.05) is 12.5 Å². The van der Waals surface area contributed by atoms with Crippen LogP contribution in [-0.4, -0.2) is 29.6 Å². The van der Waals surface area contributed by atoms with E-state index in [0.717, 1.165) is 6.54 Å². The second-order valence-corrected chi connectivity index (χ2v) is 6.53. The Kier molecular flexibility index (Phi) is 5.75. The summed E-state index contributed by atoms with van der Waals surface area (Å²) >= 11 is 0. The van der Waals surface area contributed by atoms with Gasteiger partial charge in [-0.05, 0) is 43.5 Å². The van der Waals surface area contributed by atoms with Crippen molar-refractivity contribution >= 4 is 5.97 Å². The highest BCUT2D eigenvalue weighted by atomic mass is 16.4. The van der Waals surface area contributed by atoms with Crippen molar-refractivity contribution in [3.63, 3.8) is 0 Å². The summed E-state index contributed by atoms with van der Waals surface area (Å²) in [4.78, 5) is 12.7. The second-order valence-electron chi connectivity index (χ2n) is 6.53. The van der Waals surface area contributed by atoms with Crippen LogP contribution < -0.4 is 0 Å². The molecule has 3 heteroatoms. The minimum absolute atomic E-state index is 0.176. The number of nitrogens with zero attached hydrogens (tertiary/aromatic N) is 1. The Morgan fingerprint density at radius 1 is 1.25 bits per heavy atom. The van der Waals surface area contributed by atoms with E-state index in [0.29, 0.717) is 12.5 Å². The summed E-state index contributed by atoms with van der Waals surface area (Å²) in [5.41, 5.74) is 2.78. The highest BCUT2D eigenvalue weighted by Crippen LogP contribution is 2.25. The maximum atomic E-state index is 10.5. The lowest BCUT2D eigenvalue weighted by Crippen LogP contribution is -2.24. The third-order valence-electron chi connectivity index (χ3n) is 3.82. The molecular formula is C17H27NO2. The Hall–Kier alpha value is -1.35. The van der Waals surface area contributed by atoms with Crippen LogP contribution in [0.5, 0.6) is 0 Å². The zero-order valence-electron chi connectivity index (χ0n) is 13.3. The Morgan fingerprint density at radius 2 is 1.80 bits per heavy atom. The van der Waals surface area contributed by atoms with Crippen molar-refractivity contribution in [3.05, 3.63) is 35.4 Å². The molecule has 0 saturated heterocycles. The summed E-state index contributed by atoms with van der Waals surface area (Å²) in [7, 11) is 2.05. The van der Waals surface area contributed by atoms with Crippen molar-refractivity contribution in [2.24, 2.45) is 0 Å². The van der Waals surface area contributed by atoms with Gasteiger partial charge in [-0.1, -0.05) is 45.0 Å². The van der Waals surface area contributed by atoms with Crippen LogP contribution >= 0.6 is 0 Å². The van der Waals surface area contributed by atoms with E-state index >= 15 is 0 Å². The summed E-state index contributed by atoms with van der Waals surface area (Å²) < 4.78 is 0. The highest BCUT2D eigenvalue weighted by molar-refractivity contribution is 5.66. The van der Waals surface area contributed by atoms with Gasteiger partial charge in [0.1, 0.15) is 0 Å². The molecule has 3 nitrogen and oxygen atoms in total. The van der Waals surface area contributed by atoms with Crippen LogP contribution in [0.15, 0.2) is 24.3 Å². The van der Waals surface area contributed by atoms with Crippen LogP contribution in [0, 0.1) is 0 Å². The van der Waals surface area contributed by atoms with Crippen LogP contribution in [0.1, 0.15) is 57.7 Å². The molecule has 1 aromatic rings. The van der Waals surface area contributed by atoms with Crippen molar-refractivity contribution in [2.45, 2.75) is 52.0 Å². The van der Waals surface area contributed by atoms with Gasteiger partial charge in [0.25, 0.3) is 0 Å². The molecule has 0 aliphatic rings. The molecule has 1 atom stereocenters. The number of rotatable bonds is 6. The van der Waals surface area contributed by atoms with E-state index in [1.54, 1.807) is 0 Å².